The molecule has 8 rings (SSSR count). The van der Waals surface area contributed by atoms with E-state index in [1.165, 1.54) is 0 Å². The molecular formula is C49H84N4O8. The van der Waals surface area contributed by atoms with Crippen molar-refractivity contribution in [3.05, 3.63) is 0 Å². The zero-order chi connectivity index (χ0) is 44.3. The number of nitrogens with two attached hydrogens (primary N) is 1. The molecule has 8 aliphatic rings. The number of carbonyl (C=O) groups excluding carboxylic acids is 3. The number of alkyl carbamates (subject to hydrolysis) is 1. The summed E-state index contributed by atoms with van der Waals surface area (Å²) < 4.78 is 5.24. The summed E-state index contributed by atoms with van der Waals surface area (Å²) in [6, 6.07) is 0. The summed E-state index contributed by atoms with van der Waals surface area (Å²) in [7, 11) is 0. The Morgan fingerprint density at radius 1 is 0.590 bits per heavy atom. The van der Waals surface area contributed by atoms with E-state index in [9.17, 15) is 34.8 Å². The van der Waals surface area contributed by atoms with Crippen LogP contribution in [0.4, 0.5) is 4.79 Å². The molecule has 348 valence electrons. The van der Waals surface area contributed by atoms with Crippen LogP contribution in [-0.2, 0) is 14.3 Å². The largest absolute Gasteiger partial charge is 0.444 e. The number of aliphatic hydroxyl groups excluding tert-OH is 4. The van der Waals surface area contributed by atoms with Crippen LogP contribution in [0.5, 0.6) is 0 Å². The Balaban J connectivity index is 0.000000189. The topological polar surface area (TPSA) is 203 Å². The maximum atomic E-state index is 13.2. The highest BCUT2D eigenvalue weighted by Crippen LogP contribution is 2.69. The van der Waals surface area contributed by atoms with Gasteiger partial charge in [-0.3, -0.25) is 9.59 Å². The summed E-state index contributed by atoms with van der Waals surface area (Å²) in [5.74, 6) is 3.67. The number of aliphatic hydroxyl groups is 4. The second-order valence-corrected chi connectivity index (χ2v) is 23.6. The van der Waals surface area contributed by atoms with Crippen LogP contribution in [0.2, 0.25) is 0 Å². The third kappa shape index (κ3) is 8.78. The molecule has 0 bridgehead atoms. The van der Waals surface area contributed by atoms with E-state index in [0.29, 0.717) is 74.0 Å². The Kier molecular flexibility index (Phi) is 13.7. The van der Waals surface area contributed by atoms with Crippen molar-refractivity contribution < 1.29 is 39.5 Å². The van der Waals surface area contributed by atoms with Gasteiger partial charge in [-0.15, -0.1) is 0 Å². The van der Waals surface area contributed by atoms with Crippen LogP contribution in [0, 0.1) is 80.8 Å². The molecule has 3 amide bonds. The average molecular weight is 857 g/mol. The fourth-order valence-corrected chi connectivity index (χ4v) is 16.7. The van der Waals surface area contributed by atoms with Crippen molar-refractivity contribution in [2.24, 2.45) is 86.6 Å². The lowest BCUT2D eigenvalue weighted by Crippen LogP contribution is -2.59. The number of fused-ring (bicyclic) bond motifs is 10. The van der Waals surface area contributed by atoms with Crippen LogP contribution < -0.4 is 21.7 Å². The lowest BCUT2D eigenvalue weighted by Gasteiger charge is -2.62. The number of nitrogens with one attached hydrogen (secondary N) is 3. The second kappa shape index (κ2) is 17.8. The number of ether oxygens (including phenoxy) is 1. The van der Waals surface area contributed by atoms with Crippen LogP contribution >= 0.6 is 0 Å². The molecule has 8 fully saturated rings. The lowest BCUT2D eigenvalue weighted by atomic mass is 9.44. The normalized spacial score (nSPS) is 47.3. The fraction of sp³-hybridized carbons (Fsp3) is 0.939. The molecule has 0 saturated heterocycles. The van der Waals surface area contributed by atoms with E-state index >= 15 is 0 Å². The van der Waals surface area contributed by atoms with Crippen LogP contribution in [0.1, 0.15) is 151 Å². The number of amides is 3. The Bertz CT molecular complexity index is 1590. The van der Waals surface area contributed by atoms with Crippen molar-refractivity contribution >= 4 is 17.9 Å². The Morgan fingerprint density at radius 3 is 1.44 bits per heavy atom. The summed E-state index contributed by atoms with van der Waals surface area (Å²) in [4.78, 5) is 37.8. The van der Waals surface area contributed by atoms with Crippen molar-refractivity contribution in [2.45, 2.75) is 181 Å². The minimum Gasteiger partial charge on any atom is -0.444 e. The van der Waals surface area contributed by atoms with Gasteiger partial charge in [0, 0.05) is 38.0 Å². The summed E-state index contributed by atoms with van der Waals surface area (Å²) in [5.41, 5.74) is 4.96. The molecule has 0 aliphatic heterocycles. The molecule has 9 N–H and O–H groups in total. The summed E-state index contributed by atoms with van der Waals surface area (Å²) in [6.45, 7) is 16.4. The van der Waals surface area contributed by atoms with E-state index in [-0.39, 0.29) is 69.5 Å². The molecule has 0 aromatic carbocycles. The molecule has 2 unspecified atom stereocenters. The molecule has 0 heterocycles. The van der Waals surface area contributed by atoms with Crippen molar-refractivity contribution in [1.82, 2.24) is 16.0 Å². The highest BCUT2D eigenvalue weighted by Gasteiger charge is 2.65. The van der Waals surface area contributed by atoms with Gasteiger partial charge < -0.3 is 46.8 Å². The molecule has 8 aliphatic carbocycles. The van der Waals surface area contributed by atoms with E-state index in [1.54, 1.807) is 0 Å². The maximum absolute atomic E-state index is 13.2. The van der Waals surface area contributed by atoms with E-state index in [1.807, 2.05) is 20.8 Å². The predicted molar refractivity (Wildman–Crippen MR) is 235 cm³/mol. The highest BCUT2D eigenvalue weighted by atomic mass is 16.6. The number of hydrogen-bond acceptors (Lipinski definition) is 9. The van der Waals surface area contributed by atoms with Gasteiger partial charge in [0.15, 0.2) is 0 Å². The lowest BCUT2D eigenvalue weighted by molar-refractivity contribution is -0.179. The van der Waals surface area contributed by atoms with Crippen LogP contribution in [0.15, 0.2) is 0 Å². The molecule has 61 heavy (non-hydrogen) atoms. The number of hydrogen-bond donors (Lipinski definition) is 8. The van der Waals surface area contributed by atoms with Gasteiger partial charge in [0.25, 0.3) is 0 Å². The second-order valence-electron chi connectivity index (χ2n) is 23.6. The molecular weight excluding hydrogens is 773 g/mol. The van der Waals surface area contributed by atoms with Crippen molar-refractivity contribution in [3.8, 4) is 0 Å². The minimum absolute atomic E-state index is 0.00311. The first-order valence-corrected chi connectivity index (χ1v) is 24.6. The molecule has 12 nitrogen and oxygen atoms in total. The molecule has 8 saturated carbocycles. The zero-order valence-electron chi connectivity index (χ0n) is 38.7. The quantitative estimate of drug-likeness (QED) is 0.149. The van der Waals surface area contributed by atoms with E-state index < -0.39 is 17.8 Å². The van der Waals surface area contributed by atoms with Crippen molar-refractivity contribution in [3.63, 3.8) is 0 Å². The summed E-state index contributed by atoms with van der Waals surface area (Å²) in [6.07, 6.45) is 13.9. The van der Waals surface area contributed by atoms with Crippen LogP contribution in [0.3, 0.4) is 0 Å². The first kappa shape index (κ1) is 47.0. The van der Waals surface area contributed by atoms with Gasteiger partial charge in [-0.1, -0.05) is 27.7 Å². The Hall–Kier alpha value is -1.99. The summed E-state index contributed by atoms with van der Waals surface area (Å²) in [5, 5.41) is 52.0. The highest BCUT2D eigenvalue weighted by molar-refractivity contribution is 5.80. The molecule has 12 heteroatoms. The predicted octanol–water partition coefficient (Wildman–Crippen LogP) is 5.67. The minimum atomic E-state index is -0.548. The fourth-order valence-electron chi connectivity index (χ4n) is 16.7. The van der Waals surface area contributed by atoms with E-state index in [0.717, 1.165) is 96.3 Å². The average Bonchev–Trinajstić information content (AvgIpc) is 3.71. The van der Waals surface area contributed by atoms with Gasteiger partial charge in [-0.25, -0.2) is 4.79 Å². The zero-order valence-corrected chi connectivity index (χ0v) is 38.7. The first-order valence-electron chi connectivity index (χ1n) is 24.6. The van der Waals surface area contributed by atoms with Crippen molar-refractivity contribution in [2.75, 3.05) is 26.2 Å². The SMILES string of the molecule is CC(C)(C)OC(=O)NCCNC(=O)[C@H]1CC[C@H]2[C@@H]3CCC4C[C@@H](O)CC[C@]4(C)[C@H]3[C@@H](O)C[C@]12C.C[C@]12C[C@H](O)[C@H]3[C@@H](CCC4C[C@@H](O)CC[C@@]43C)[C@@H]1CC[C@@H]2C(=O)NCCN. The van der Waals surface area contributed by atoms with Gasteiger partial charge in [0.05, 0.1) is 24.4 Å². The van der Waals surface area contributed by atoms with Gasteiger partial charge in [0.2, 0.25) is 11.8 Å². The monoisotopic (exact) mass is 857 g/mol. The smallest absolute Gasteiger partial charge is 0.407 e. The van der Waals surface area contributed by atoms with Gasteiger partial charge >= 0.3 is 6.09 Å². The van der Waals surface area contributed by atoms with Crippen LogP contribution in [-0.4, -0.2) is 94.5 Å². The Labute approximate surface area is 366 Å². The third-order valence-corrected chi connectivity index (χ3v) is 19.3. The standard InChI is InChI=1S/C27H46N2O5.C22H38N2O3/c1-25(2,3)34-24(33)29-13-12-28-23(32)20-9-8-19-18-7-6-16-14-17(30)10-11-26(16,4)22(18)21(31)15-27(19,20)5;1-21-8-7-14(25)11-13(21)3-4-15-16-5-6-17(20(27)24-10-9-23)22(16,2)12-18(26)19(15)21/h16-22,30-31H,6-15H2,1-5H3,(H,28,32)(H,29,33);13-19,25-26H,3-12,23H2,1-2H3,(H,24,27)/t16?,17-,18-,19-,20+,21-,22+,26-,27-;13?,14-,15-,16-,17+,18-,19+,21-,22-/m00/s1. The molecule has 0 spiro atoms. The maximum Gasteiger partial charge on any atom is 0.407 e. The molecule has 0 aromatic heterocycles. The Morgan fingerprint density at radius 2 is 1.02 bits per heavy atom. The number of rotatable bonds is 7. The summed E-state index contributed by atoms with van der Waals surface area (Å²) >= 11 is 0. The third-order valence-electron chi connectivity index (χ3n) is 19.3. The first-order chi connectivity index (χ1) is 28.7. The van der Waals surface area contributed by atoms with Gasteiger partial charge in [0.1, 0.15) is 5.60 Å². The molecule has 0 aromatic rings. The molecule has 0 radical (unpaired) electrons. The van der Waals surface area contributed by atoms with Crippen LogP contribution in [0.25, 0.3) is 0 Å². The van der Waals surface area contributed by atoms with Crippen molar-refractivity contribution in [1.29, 1.82) is 0 Å². The van der Waals surface area contributed by atoms with Gasteiger partial charge in [-0.05, 0) is 193 Å². The van der Waals surface area contributed by atoms with Gasteiger partial charge in [-0.2, -0.15) is 0 Å². The number of carbonyl (C=O) groups is 3. The van der Waals surface area contributed by atoms with E-state index in [2.05, 4.69) is 43.6 Å². The molecule has 18 atom stereocenters. The van der Waals surface area contributed by atoms with E-state index in [4.69, 9.17) is 10.5 Å².